The summed E-state index contributed by atoms with van der Waals surface area (Å²) in [5.74, 6) is 1.10. The summed E-state index contributed by atoms with van der Waals surface area (Å²) in [6.45, 7) is 2.59. The zero-order chi connectivity index (χ0) is 25.6. The molecule has 1 aliphatic heterocycles. The second-order valence-corrected chi connectivity index (χ2v) is 9.15. The summed E-state index contributed by atoms with van der Waals surface area (Å²) < 4.78 is 32.0. The molecule has 37 heavy (non-hydrogen) atoms. The van der Waals surface area contributed by atoms with Crippen molar-refractivity contribution < 1.29 is 18.6 Å². The Bertz CT molecular complexity index is 1420. The fourth-order valence-electron chi connectivity index (χ4n) is 4.10. The predicted octanol–water partition coefficient (Wildman–Crippen LogP) is 5.40. The fourth-order valence-corrected chi connectivity index (χ4v) is 4.67. The summed E-state index contributed by atoms with van der Waals surface area (Å²) in [7, 11) is 1.59. The Balaban J connectivity index is 1.29. The maximum absolute atomic E-state index is 14.3. The number of anilines is 2. The lowest BCUT2D eigenvalue weighted by Crippen LogP contribution is -2.37. The lowest BCUT2D eigenvalue weighted by Gasteiger charge is -2.27. The van der Waals surface area contributed by atoms with Crippen molar-refractivity contribution in [1.29, 1.82) is 0 Å². The van der Waals surface area contributed by atoms with Crippen LogP contribution in [0.25, 0.3) is 10.8 Å². The molecule has 0 amide bonds. The molecule has 0 spiro atoms. The molecule has 0 aliphatic carbocycles. The molecule has 2 heterocycles. The summed E-state index contributed by atoms with van der Waals surface area (Å²) >= 11 is 3.59. The van der Waals surface area contributed by atoms with Gasteiger partial charge in [-0.15, -0.1) is 0 Å². The van der Waals surface area contributed by atoms with Gasteiger partial charge in [-0.3, -0.25) is 0 Å². The maximum atomic E-state index is 14.3. The average Bonchev–Trinajstić information content (AvgIpc) is 2.93. The van der Waals surface area contributed by atoms with Crippen molar-refractivity contribution in [3.8, 4) is 11.5 Å². The highest BCUT2D eigenvalue weighted by Gasteiger charge is 2.18. The Labute approximate surface area is 222 Å². The Kier molecular flexibility index (Phi) is 7.76. The normalized spacial score (nSPS) is 13.8. The number of hydrogen-bond acceptors (Lipinski definition) is 8. The molecule has 190 valence electrons. The van der Waals surface area contributed by atoms with Crippen LogP contribution in [0.3, 0.4) is 0 Å². The van der Waals surface area contributed by atoms with Gasteiger partial charge in [-0.05, 0) is 50.0 Å². The number of morpholine rings is 1. The molecule has 10 heteroatoms. The molecule has 0 radical (unpaired) electrons. The molecule has 0 unspecified atom stereocenters. The van der Waals surface area contributed by atoms with Crippen LogP contribution in [0.5, 0.6) is 11.5 Å². The van der Waals surface area contributed by atoms with Crippen molar-refractivity contribution in [2.24, 2.45) is 5.10 Å². The van der Waals surface area contributed by atoms with Gasteiger partial charge in [0.15, 0.2) is 23.1 Å². The first kappa shape index (κ1) is 24.9. The molecule has 0 bridgehead atoms. The summed E-state index contributed by atoms with van der Waals surface area (Å²) in [6.07, 6.45) is 2.74. The molecule has 0 saturated carbocycles. The van der Waals surface area contributed by atoms with E-state index in [0.717, 1.165) is 32.6 Å². The van der Waals surface area contributed by atoms with E-state index in [9.17, 15) is 4.39 Å². The van der Waals surface area contributed by atoms with Gasteiger partial charge in [-0.1, -0.05) is 42.5 Å². The lowest BCUT2D eigenvalue weighted by molar-refractivity contribution is 0.122. The molecule has 1 aliphatic rings. The van der Waals surface area contributed by atoms with Gasteiger partial charge in [0.1, 0.15) is 6.61 Å². The van der Waals surface area contributed by atoms with E-state index < -0.39 is 5.82 Å². The minimum Gasteiger partial charge on any atom is -0.493 e. The van der Waals surface area contributed by atoms with Gasteiger partial charge >= 0.3 is 0 Å². The number of benzene rings is 3. The molecule has 8 nitrogen and oxygen atoms in total. The van der Waals surface area contributed by atoms with Gasteiger partial charge in [-0.25, -0.2) is 14.8 Å². The van der Waals surface area contributed by atoms with Crippen LogP contribution in [0, 0.1) is 5.82 Å². The number of nitrogens with zero attached hydrogens (tertiary/aromatic N) is 4. The summed E-state index contributed by atoms with van der Waals surface area (Å²) in [6, 6.07) is 18.1. The third kappa shape index (κ3) is 5.81. The maximum Gasteiger partial charge on any atom is 0.245 e. The Hall–Kier alpha value is -3.76. The number of halogens is 2. The quantitative estimate of drug-likeness (QED) is 0.226. The van der Waals surface area contributed by atoms with Crippen LogP contribution in [0.4, 0.5) is 16.2 Å². The third-order valence-electron chi connectivity index (χ3n) is 5.92. The van der Waals surface area contributed by atoms with Gasteiger partial charge in [0, 0.05) is 13.1 Å². The van der Waals surface area contributed by atoms with Crippen LogP contribution in [0.15, 0.2) is 70.4 Å². The average molecular weight is 566 g/mol. The largest absolute Gasteiger partial charge is 0.493 e. The highest BCUT2D eigenvalue weighted by atomic mass is 79.9. The smallest absolute Gasteiger partial charge is 0.245 e. The zero-order valence-electron chi connectivity index (χ0n) is 20.2. The van der Waals surface area contributed by atoms with Crippen LogP contribution < -0.4 is 19.8 Å². The van der Waals surface area contributed by atoms with E-state index in [1.807, 2.05) is 35.2 Å². The number of rotatable bonds is 8. The number of nitrogens with one attached hydrogen (secondary N) is 1. The Morgan fingerprint density at radius 2 is 1.97 bits per heavy atom. The minimum atomic E-state index is -0.482. The highest BCUT2D eigenvalue weighted by molar-refractivity contribution is 9.10. The van der Waals surface area contributed by atoms with E-state index in [1.54, 1.807) is 13.3 Å². The zero-order valence-corrected chi connectivity index (χ0v) is 21.7. The number of ether oxygens (including phenoxy) is 3. The lowest BCUT2D eigenvalue weighted by atomic mass is 10.1. The van der Waals surface area contributed by atoms with Gasteiger partial charge in [0.2, 0.25) is 5.95 Å². The number of fused-ring (bicyclic) bond motifs is 1. The highest BCUT2D eigenvalue weighted by Crippen LogP contribution is 2.37. The molecule has 1 N–H and O–H groups in total. The first-order valence-corrected chi connectivity index (χ1v) is 12.5. The molecule has 1 fully saturated rings. The van der Waals surface area contributed by atoms with Crippen molar-refractivity contribution in [2.75, 3.05) is 43.7 Å². The molecule has 1 aromatic heterocycles. The number of methoxy groups -OCH3 is 1. The number of aromatic nitrogens is 2. The summed E-state index contributed by atoms with van der Waals surface area (Å²) in [5.41, 5.74) is 4.61. The Morgan fingerprint density at radius 3 is 2.81 bits per heavy atom. The standard InChI is InChI=1S/C27H25BrFN5O3/c1-35-24-14-18(15-31-33-27-30-16-23(29)26(32-27)34-9-11-36-12-10-34)13-22(28)25(24)37-17-20-7-4-6-19-5-2-3-8-21(19)20/h2-8,13-16H,9-12,17H2,1H3,(H,30,32,33)/b31-15-. The topological polar surface area (TPSA) is 81.1 Å². The fraction of sp³-hybridized carbons (Fsp3) is 0.222. The van der Waals surface area contributed by atoms with Crippen molar-refractivity contribution in [1.82, 2.24) is 9.97 Å². The van der Waals surface area contributed by atoms with E-state index in [1.165, 1.54) is 0 Å². The summed E-state index contributed by atoms with van der Waals surface area (Å²) in [5, 5.41) is 6.53. The van der Waals surface area contributed by atoms with Crippen LogP contribution in [0.1, 0.15) is 11.1 Å². The van der Waals surface area contributed by atoms with E-state index >= 15 is 0 Å². The molecule has 5 rings (SSSR count). The van der Waals surface area contributed by atoms with Crippen molar-refractivity contribution in [3.63, 3.8) is 0 Å². The molecular weight excluding hydrogens is 541 g/mol. The first-order chi connectivity index (χ1) is 18.1. The van der Waals surface area contributed by atoms with Crippen LogP contribution in [0.2, 0.25) is 0 Å². The second kappa shape index (κ2) is 11.5. The number of hydrazone groups is 1. The molecule has 3 aromatic carbocycles. The monoisotopic (exact) mass is 565 g/mol. The molecule has 4 aromatic rings. The van der Waals surface area contributed by atoms with Gasteiger partial charge < -0.3 is 19.1 Å². The van der Waals surface area contributed by atoms with Crippen LogP contribution in [-0.2, 0) is 11.3 Å². The van der Waals surface area contributed by atoms with E-state index in [4.69, 9.17) is 14.2 Å². The van der Waals surface area contributed by atoms with E-state index in [-0.39, 0.29) is 11.8 Å². The van der Waals surface area contributed by atoms with E-state index in [2.05, 4.69) is 60.7 Å². The van der Waals surface area contributed by atoms with Gasteiger partial charge in [0.25, 0.3) is 0 Å². The van der Waals surface area contributed by atoms with Crippen molar-refractivity contribution >= 4 is 44.7 Å². The SMILES string of the molecule is COc1cc(/C=N\Nc2ncc(F)c(N3CCOCC3)n2)cc(Br)c1OCc1cccc2ccccc12. The predicted molar refractivity (Wildman–Crippen MR) is 145 cm³/mol. The molecule has 0 atom stereocenters. The first-order valence-electron chi connectivity index (χ1n) is 11.7. The minimum absolute atomic E-state index is 0.195. The number of hydrogen-bond donors (Lipinski definition) is 1. The third-order valence-corrected chi connectivity index (χ3v) is 6.51. The Morgan fingerprint density at radius 1 is 1.16 bits per heavy atom. The molecule has 1 saturated heterocycles. The van der Waals surface area contributed by atoms with Crippen LogP contribution in [-0.4, -0.2) is 49.6 Å². The van der Waals surface area contributed by atoms with Gasteiger partial charge in [-0.2, -0.15) is 10.1 Å². The van der Waals surface area contributed by atoms with Gasteiger partial charge in [0.05, 0.1) is 37.2 Å². The van der Waals surface area contributed by atoms with Crippen LogP contribution >= 0.6 is 15.9 Å². The molecular formula is C27H25BrFN5O3. The van der Waals surface area contributed by atoms with Crippen molar-refractivity contribution in [3.05, 3.63) is 82.2 Å². The summed E-state index contributed by atoms with van der Waals surface area (Å²) in [4.78, 5) is 10.1. The van der Waals surface area contributed by atoms with E-state index in [0.29, 0.717) is 44.4 Å². The van der Waals surface area contributed by atoms with Crippen molar-refractivity contribution in [2.45, 2.75) is 6.61 Å². The second-order valence-electron chi connectivity index (χ2n) is 8.30.